The van der Waals surface area contributed by atoms with Crippen molar-refractivity contribution in [2.75, 3.05) is 13.7 Å². The second-order valence-corrected chi connectivity index (χ2v) is 5.33. The van der Waals surface area contributed by atoms with Crippen molar-refractivity contribution < 1.29 is 13.9 Å². The van der Waals surface area contributed by atoms with Crippen LogP contribution in [0.25, 0.3) is 0 Å². The first kappa shape index (κ1) is 14.4. The maximum Gasteiger partial charge on any atom is 0.323 e. The second-order valence-electron chi connectivity index (χ2n) is 4.58. The van der Waals surface area contributed by atoms with Crippen LogP contribution in [0.2, 0.25) is 0 Å². The van der Waals surface area contributed by atoms with Gasteiger partial charge in [0.15, 0.2) is 5.82 Å². The highest BCUT2D eigenvalue weighted by molar-refractivity contribution is 9.10. The summed E-state index contributed by atoms with van der Waals surface area (Å²) >= 11 is 3.07. The van der Waals surface area contributed by atoms with Gasteiger partial charge in [-0.25, -0.2) is 9.37 Å². The van der Waals surface area contributed by atoms with Gasteiger partial charge >= 0.3 is 5.97 Å². The molecule has 1 aliphatic heterocycles. The Morgan fingerprint density at radius 1 is 1.63 bits per heavy atom. The number of hydrogen-bond donors (Lipinski definition) is 0. The number of nitrogens with zero attached hydrogens (tertiary/aromatic N) is 2. The highest BCUT2D eigenvalue weighted by Gasteiger charge is 2.30. The fraction of sp³-hybridized carbons (Fsp3) is 0.538. The van der Waals surface area contributed by atoms with E-state index in [0.717, 1.165) is 25.8 Å². The quantitative estimate of drug-likeness (QED) is 0.631. The largest absolute Gasteiger partial charge is 0.468 e. The molecule has 0 bridgehead atoms. The van der Waals surface area contributed by atoms with Crippen LogP contribution < -0.4 is 0 Å². The fourth-order valence-corrected chi connectivity index (χ4v) is 2.75. The lowest BCUT2D eigenvalue weighted by Gasteiger charge is -2.33. The van der Waals surface area contributed by atoms with Gasteiger partial charge < -0.3 is 4.74 Å². The Bertz CT molecular complexity index is 470. The second kappa shape index (κ2) is 6.43. The summed E-state index contributed by atoms with van der Waals surface area (Å²) in [5.74, 6) is -0.607. The number of hydrogen-bond acceptors (Lipinski definition) is 4. The molecule has 1 fully saturated rings. The summed E-state index contributed by atoms with van der Waals surface area (Å²) in [6, 6.07) is 1.37. The number of carbonyl (C=O) groups is 1. The Morgan fingerprint density at radius 2 is 2.42 bits per heavy atom. The van der Waals surface area contributed by atoms with E-state index in [9.17, 15) is 9.18 Å². The monoisotopic (exact) mass is 330 g/mol. The molecule has 0 N–H and O–H groups in total. The minimum Gasteiger partial charge on any atom is -0.468 e. The molecular formula is C13H16BrFN2O2. The third kappa shape index (κ3) is 3.30. The molecule has 1 saturated heterocycles. The van der Waals surface area contributed by atoms with Crippen LogP contribution in [-0.2, 0) is 16.1 Å². The highest BCUT2D eigenvalue weighted by atomic mass is 79.9. The maximum absolute atomic E-state index is 13.9. The number of piperidine rings is 1. The minimum absolute atomic E-state index is 0.205. The summed E-state index contributed by atoms with van der Waals surface area (Å²) in [4.78, 5) is 17.5. The first-order valence-corrected chi connectivity index (χ1v) is 7.03. The summed E-state index contributed by atoms with van der Waals surface area (Å²) in [5.41, 5.74) is 0.540. The van der Waals surface area contributed by atoms with E-state index in [1.165, 1.54) is 7.11 Å². The number of ether oxygens (including phenoxy) is 1. The Kier molecular flexibility index (Phi) is 4.87. The molecule has 0 amide bonds. The summed E-state index contributed by atoms with van der Waals surface area (Å²) in [6.45, 7) is 1.17. The lowest BCUT2D eigenvalue weighted by Crippen LogP contribution is -2.44. The van der Waals surface area contributed by atoms with Gasteiger partial charge in [0.1, 0.15) is 10.6 Å². The van der Waals surface area contributed by atoms with Crippen molar-refractivity contribution in [2.24, 2.45) is 0 Å². The van der Waals surface area contributed by atoms with Crippen molar-refractivity contribution >= 4 is 21.9 Å². The van der Waals surface area contributed by atoms with Crippen molar-refractivity contribution in [3.05, 3.63) is 28.2 Å². The number of methoxy groups -OCH3 is 1. The normalized spacial score (nSPS) is 20.3. The first-order valence-electron chi connectivity index (χ1n) is 6.24. The van der Waals surface area contributed by atoms with E-state index in [1.54, 1.807) is 12.3 Å². The van der Waals surface area contributed by atoms with Gasteiger partial charge in [-0.15, -0.1) is 0 Å². The van der Waals surface area contributed by atoms with E-state index in [4.69, 9.17) is 4.74 Å². The van der Waals surface area contributed by atoms with Crippen molar-refractivity contribution in [3.8, 4) is 0 Å². The summed E-state index contributed by atoms with van der Waals surface area (Å²) in [7, 11) is 1.39. The zero-order valence-electron chi connectivity index (χ0n) is 10.7. The van der Waals surface area contributed by atoms with Gasteiger partial charge in [0, 0.05) is 18.3 Å². The van der Waals surface area contributed by atoms with Crippen molar-refractivity contribution in [2.45, 2.75) is 31.8 Å². The fourth-order valence-electron chi connectivity index (χ4n) is 2.38. The summed E-state index contributed by atoms with van der Waals surface area (Å²) in [6.07, 6.45) is 4.33. The van der Waals surface area contributed by atoms with E-state index in [1.807, 2.05) is 4.90 Å². The van der Waals surface area contributed by atoms with Crippen molar-refractivity contribution in [3.63, 3.8) is 0 Å². The van der Waals surface area contributed by atoms with E-state index < -0.39 is 0 Å². The van der Waals surface area contributed by atoms with Crippen LogP contribution in [0.5, 0.6) is 0 Å². The van der Waals surface area contributed by atoms with Gasteiger partial charge in [0.2, 0.25) is 0 Å². The average Bonchev–Trinajstić information content (AvgIpc) is 2.43. The molecule has 104 valence electrons. The summed E-state index contributed by atoms with van der Waals surface area (Å²) in [5, 5.41) is 0. The van der Waals surface area contributed by atoms with Crippen molar-refractivity contribution in [1.29, 1.82) is 0 Å². The van der Waals surface area contributed by atoms with E-state index >= 15 is 0 Å². The molecule has 0 radical (unpaired) electrons. The topological polar surface area (TPSA) is 42.4 Å². The number of rotatable bonds is 3. The van der Waals surface area contributed by atoms with Gasteiger partial charge in [-0.2, -0.15) is 0 Å². The third-order valence-electron chi connectivity index (χ3n) is 3.39. The highest BCUT2D eigenvalue weighted by Crippen LogP contribution is 2.23. The Labute approximate surface area is 120 Å². The number of pyridine rings is 1. The van der Waals surface area contributed by atoms with Crippen LogP contribution in [-0.4, -0.2) is 35.5 Å². The molecule has 6 heteroatoms. The Morgan fingerprint density at radius 3 is 3.16 bits per heavy atom. The molecule has 1 aromatic rings. The molecule has 0 spiro atoms. The van der Waals surface area contributed by atoms with Crippen LogP contribution in [0.15, 0.2) is 16.9 Å². The molecule has 19 heavy (non-hydrogen) atoms. The maximum atomic E-state index is 13.9. The van der Waals surface area contributed by atoms with Crippen LogP contribution in [0.4, 0.5) is 4.39 Å². The van der Waals surface area contributed by atoms with Crippen LogP contribution in [0, 0.1) is 5.82 Å². The Hall–Kier alpha value is -1.01. The van der Waals surface area contributed by atoms with Crippen LogP contribution in [0.3, 0.4) is 0 Å². The molecule has 0 saturated carbocycles. The third-order valence-corrected chi connectivity index (χ3v) is 3.94. The molecule has 0 aromatic carbocycles. The van der Waals surface area contributed by atoms with Crippen molar-refractivity contribution in [1.82, 2.24) is 9.88 Å². The molecule has 1 unspecified atom stereocenters. The molecule has 1 atom stereocenters. The molecule has 4 nitrogen and oxygen atoms in total. The number of halogens is 2. The van der Waals surface area contributed by atoms with Crippen LogP contribution in [0.1, 0.15) is 24.8 Å². The molecule has 0 aliphatic carbocycles. The molecule has 1 aliphatic rings. The lowest BCUT2D eigenvalue weighted by atomic mass is 10.0. The summed E-state index contributed by atoms with van der Waals surface area (Å²) < 4.78 is 18.9. The predicted octanol–water partition coefficient (Wildman–Crippen LogP) is 2.51. The van der Waals surface area contributed by atoms with Gasteiger partial charge in [-0.1, -0.05) is 6.42 Å². The Balaban J connectivity index is 2.15. The smallest absolute Gasteiger partial charge is 0.323 e. The average molecular weight is 331 g/mol. The number of carbonyl (C=O) groups excluding carboxylic acids is 1. The number of esters is 1. The van der Waals surface area contributed by atoms with Gasteiger partial charge in [0.05, 0.1) is 7.11 Å². The number of likely N-dealkylation sites (tertiary alicyclic amines) is 1. The molecular weight excluding hydrogens is 315 g/mol. The SMILES string of the molecule is COC(=O)C1CCCCN1Cc1ccnc(Br)c1F. The minimum atomic E-state index is -0.364. The number of aromatic nitrogens is 1. The molecule has 2 rings (SSSR count). The van der Waals surface area contributed by atoms with Gasteiger partial charge in [-0.05, 0) is 41.4 Å². The lowest BCUT2D eigenvalue weighted by molar-refractivity contribution is -0.148. The first-order chi connectivity index (χ1) is 9.13. The zero-order chi connectivity index (χ0) is 13.8. The van der Waals surface area contributed by atoms with Crippen LogP contribution >= 0.6 is 15.9 Å². The molecule has 1 aromatic heterocycles. The van der Waals surface area contributed by atoms with E-state index in [0.29, 0.717) is 12.1 Å². The van der Waals surface area contributed by atoms with E-state index in [2.05, 4.69) is 20.9 Å². The molecule has 2 heterocycles. The van der Waals surface area contributed by atoms with E-state index in [-0.39, 0.29) is 22.4 Å². The van der Waals surface area contributed by atoms with Gasteiger partial charge in [-0.3, -0.25) is 9.69 Å². The van der Waals surface area contributed by atoms with Gasteiger partial charge in [0.25, 0.3) is 0 Å². The standard InChI is InChI=1S/C13H16BrFN2O2/c1-19-13(18)10-4-2-3-7-17(10)8-9-5-6-16-12(14)11(9)15/h5-6,10H,2-4,7-8H2,1H3. The predicted molar refractivity (Wildman–Crippen MR) is 72.0 cm³/mol. The zero-order valence-corrected chi connectivity index (χ0v) is 12.3.